The van der Waals surface area contributed by atoms with Gasteiger partial charge in [-0.25, -0.2) is 0 Å². The number of thioether (sulfide) groups is 1. The Hall–Kier alpha value is -1.97. The fraction of sp³-hybridized carbons (Fsp3) is 0.486. The van der Waals surface area contributed by atoms with Gasteiger partial charge in [-0.05, 0) is 40.6 Å². The summed E-state index contributed by atoms with van der Waals surface area (Å²) < 4.78 is 34.0. The van der Waals surface area contributed by atoms with Crippen LogP contribution in [0.4, 0.5) is 0 Å². The van der Waals surface area contributed by atoms with Crippen molar-refractivity contribution in [1.82, 2.24) is 0 Å². The maximum absolute atomic E-state index is 7.34. The van der Waals surface area contributed by atoms with E-state index in [1.165, 1.54) is 0 Å². The van der Waals surface area contributed by atoms with Crippen molar-refractivity contribution >= 4 is 20.1 Å². The first kappa shape index (κ1) is 32.9. The molecule has 3 aromatic rings. The monoisotopic (exact) mass is 608 g/mol. The Kier molecular flexibility index (Phi) is 13.6. The summed E-state index contributed by atoms with van der Waals surface area (Å²) in [5.41, 5.74) is 3.21. The minimum atomic E-state index is -2.04. The van der Waals surface area contributed by atoms with Gasteiger partial charge >= 0.3 is 0 Å². The Bertz CT molecular complexity index is 1120. The Morgan fingerprint density at radius 2 is 1.10 bits per heavy atom. The van der Waals surface area contributed by atoms with Crippen molar-refractivity contribution in [2.45, 2.75) is 95.5 Å². The van der Waals surface area contributed by atoms with Gasteiger partial charge in [-0.3, -0.25) is 0 Å². The van der Waals surface area contributed by atoms with Gasteiger partial charge in [-0.2, -0.15) is 0 Å². The van der Waals surface area contributed by atoms with Crippen molar-refractivity contribution in [2.24, 2.45) is 0 Å². The van der Waals surface area contributed by atoms with E-state index in [9.17, 15) is 0 Å². The molecule has 1 heterocycles. The van der Waals surface area contributed by atoms with Crippen molar-refractivity contribution in [1.29, 1.82) is 0 Å². The molecular formula is C35H48O5SSi. The van der Waals surface area contributed by atoms with Crippen LogP contribution < -0.4 is 0 Å². The molecule has 0 amide bonds. The summed E-state index contributed by atoms with van der Waals surface area (Å²) in [6.45, 7) is 10.9. The first-order valence-electron chi connectivity index (χ1n) is 15.5. The highest BCUT2D eigenvalue weighted by molar-refractivity contribution is 7.99. The van der Waals surface area contributed by atoms with Crippen LogP contribution in [-0.2, 0) is 43.2 Å². The SMILES string of the molecule is CCS[C@@H]1O[C@H](COCc2ccccc2)[C@H](OCc2ccccc2)[C@H](O[Si](CC)(CC)CC)[C@H]1OCc1ccccc1. The van der Waals surface area contributed by atoms with Gasteiger partial charge in [-0.1, -0.05) is 119 Å². The molecule has 0 spiro atoms. The van der Waals surface area contributed by atoms with E-state index in [4.69, 9.17) is 23.4 Å². The van der Waals surface area contributed by atoms with Crippen LogP contribution in [0, 0.1) is 0 Å². The van der Waals surface area contributed by atoms with Crippen molar-refractivity contribution in [3.8, 4) is 0 Å². The zero-order chi connectivity index (χ0) is 29.6. The van der Waals surface area contributed by atoms with Crippen molar-refractivity contribution in [2.75, 3.05) is 12.4 Å². The lowest BCUT2D eigenvalue weighted by Crippen LogP contribution is -2.63. The average Bonchev–Trinajstić information content (AvgIpc) is 3.04. The number of hydrogen-bond acceptors (Lipinski definition) is 6. The van der Waals surface area contributed by atoms with Crippen LogP contribution in [0.25, 0.3) is 0 Å². The molecule has 1 fully saturated rings. The minimum Gasteiger partial charge on any atom is -0.408 e. The van der Waals surface area contributed by atoms with Gasteiger partial charge in [-0.15, -0.1) is 11.8 Å². The van der Waals surface area contributed by atoms with E-state index in [0.29, 0.717) is 26.4 Å². The molecule has 5 nitrogen and oxygen atoms in total. The molecule has 0 N–H and O–H groups in total. The fourth-order valence-corrected chi connectivity index (χ4v) is 9.33. The van der Waals surface area contributed by atoms with Crippen molar-refractivity contribution < 1.29 is 23.4 Å². The van der Waals surface area contributed by atoms with Gasteiger partial charge < -0.3 is 23.4 Å². The highest BCUT2D eigenvalue weighted by Gasteiger charge is 2.51. The largest absolute Gasteiger partial charge is 0.408 e. The first-order chi connectivity index (χ1) is 20.6. The number of ether oxygens (including phenoxy) is 4. The Balaban J connectivity index is 1.65. The average molecular weight is 609 g/mol. The molecule has 1 aliphatic rings. The Morgan fingerprint density at radius 1 is 0.619 bits per heavy atom. The highest BCUT2D eigenvalue weighted by atomic mass is 32.2. The van der Waals surface area contributed by atoms with E-state index in [1.54, 1.807) is 11.8 Å². The molecule has 1 saturated heterocycles. The van der Waals surface area contributed by atoms with Crippen LogP contribution in [0.5, 0.6) is 0 Å². The molecular weight excluding hydrogens is 561 g/mol. The first-order valence-corrected chi connectivity index (χ1v) is 19.1. The van der Waals surface area contributed by atoms with E-state index in [0.717, 1.165) is 40.6 Å². The van der Waals surface area contributed by atoms with Crippen LogP contribution in [0.2, 0.25) is 18.1 Å². The normalized spacial score (nSPS) is 22.7. The molecule has 4 rings (SSSR count). The Morgan fingerprint density at radius 3 is 1.57 bits per heavy atom. The maximum Gasteiger partial charge on any atom is 0.192 e. The number of rotatable bonds is 17. The Labute approximate surface area is 258 Å². The zero-order valence-corrected chi connectivity index (χ0v) is 27.5. The summed E-state index contributed by atoms with van der Waals surface area (Å²) in [5, 5.41) is 0. The van der Waals surface area contributed by atoms with Crippen molar-refractivity contribution in [3.05, 3.63) is 108 Å². The van der Waals surface area contributed by atoms with Gasteiger partial charge in [0.2, 0.25) is 0 Å². The van der Waals surface area contributed by atoms with Crippen LogP contribution >= 0.6 is 11.8 Å². The summed E-state index contributed by atoms with van der Waals surface area (Å²) in [4.78, 5) is 0. The molecule has 42 heavy (non-hydrogen) atoms. The standard InChI is InChI=1S/C35H48O5SSi/c1-5-41-35-34(38-26-30-22-16-11-17-23-30)33(40-42(6-2,7-3)8-4)32(37-25-29-20-14-10-15-21-29)31(39-35)27-36-24-28-18-12-9-13-19-28/h9-23,31-35H,5-8,24-27H2,1-4H3/t31-,32+,33+,34-,35+/m1/s1. The lowest BCUT2D eigenvalue weighted by molar-refractivity contribution is -0.236. The lowest BCUT2D eigenvalue weighted by atomic mass is 9.99. The maximum atomic E-state index is 7.34. The van der Waals surface area contributed by atoms with Gasteiger partial charge in [0, 0.05) is 0 Å². The third-order valence-electron chi connectivity index (χ3n) is 8.21. The molecule has 0 unspecified atom stereocenters. The van der Waals surface area contributed by atoms with E-state index in [2.05, 4.69) is 76.2 Å². The summed E-state index contributed by atoms with van der Waals surface area (Å²) in [7, 11) is -2.04. The van der Waals surface area contributed by atoms with Gasteiger partial charge in [0.1, 0.15) is 29.9 Å². The summed E-state index contributed by atoms with van der Waals surface area (Å²) >= 11 is 1.78. The minimum absolute atomic E-state index is 0.192. The van der Waals surface area contributed by atoms with Gasteiger partial charge in [0.05, 0.1) is 26.4 Å². The van der Waals surface area contributed by atoms with E-state index in [-0.39, 0.29) is 29.9 Å². The molecule has 0 aromatic heterocycles. The topological polar surface area (TPSA) is 46.2 Å². The summed E-state index contributed by atoms with van der Waals surface area (Å²) in [5.74, 6) is 0.910. The highest BCUT2D eigenvalue weighted by Crippen LogP contribution is 2.38. The summed E-state index contributed by atoms with van der Waals surface area (Å²) in [6.07, 6.45) is -1.18. The zero-order valence-electron chi connectivity index (χ0n) is 25.7. The fourth-order valence-electron chi connectivity index (χ4n) is 5.51. The van der Waals surface area contributed by atoms with E-state index >= 15 is 0 Å². The van der Waals surface area contributed by atoms with E-state index in [1.807, 2.05) is 42.5 Å². The molecule has 0 radical (unpaired) electrons. The third kappa shape index (κ3) is 9.26. The number of benzene rings is 3. The molecule has 3 aromatic carbocycles. The summed E-state index contributed by atoms with van der Waals surface area (Å²) in [6, 6.07) is 34.1. The predicted molar refractivity (Wildman–Crippen MR) is 175 cm³/mol. The second kappa shape index (κ2) is 17.4. The smallest absolute Gasteiger partial charge is 0.192 e. The van der Waals surface area contributed by atoms with Crippen LogP contribution in [0.1, 0.15) is 44.4 Å². The molecule has 0 bridgehead atoms. The molecule has 0 saturated carbocycles. The number of hydrogen-bond donors (Lipinski definition) is 0. The quantitative estimate of drug-likeness (QED) is 0.144. The van der Waals surface area contributed by atoms with Gasteiger partial charge in [0.25, 0.3) is 0 Å². The van der Waals surface area contributed by atoms with Gasteiger partial charge in [0.15, 0.2) is 8.32 Å². The predicted octanol–water partition coefficient (Wildman–Crippen LogP) is 8.24. The van der Waals surface area contributed by atoms with Crippen LogP contribution in [-0.4, -0.2) is 50.5 Å². The van der Waals surface area contributed by atoms with Crippen LogP contribution in [0.15, 0.2) is 91.0 Å². The molecule has 1 aliphatic heterocycles. The second-order valence-electron chi connectivity index (χ2n) is 10.8. The molecule has 0 aliphatic carbocycles. The molecule has 7 heteroatoms. The molecule has 5 atom stereocenters. The third-order valence-corrected chi connectivity index (χ3v) is 13.9. The lowest BCUT2D eigenvalue weighted by Gasteiger charge is -2.49. The van der Waals surface area contributed by atoms with Crippen molar-refractivity contribution in [3.63, 3.8) is 0 Å². The second-order valence-corrected chi connectivity index (χ2v) is 16.9. The van der Waals surface area contributed by atoms with E-state index < -0.39 is 8.32 Å². The molecule has 228 valence electrons. The van der Waals surface area contributed by atoms with Crippen LogP contribution in [0.3, 0.4) is 0 Å².